The van der Waals surface area contributed by atoms with Crippen LogP contribution in [0.1, 0.15) is 23.3 Å². The van der Waals surface area contributed by atoms with E-state index in [9.17, 15) is 0 Å². The van der Waals surface area contributed by atoms with Crippen LogP contribution in [0.5, 0.6) is 17.2 Å². The number of ether oxygens (including phenoxy) is 4. The van der Waals surface area contributed by atoms with Crippen LogP contribution in [0.4, 0.5) is 0 Å². The summed E-state index contributed by atoms with van der Waals surface area (Å²) < 4.78 is 24.4. The maximum absolute atomic E-state index is 6.26. The lowest BCUT2D eigenvalue weighted by Gasteiger charge is -2.31. The lowest BCUT2D eigenvalue weighted by atomic mass is 10.0. The number of nitrogens with zero attached hydrogens (tertiary/aromatic N) is 1. The molecule has 1 aliphatic rings. The second kappa shape index (κ2) is 8.23. The monoisotopic (exact) mass is 398 g/mol. The Morgan fingerprint density at radius 1 is 1.00 bits per heavy atom. The van der Waals surface area contributed by atoms with Crippen LogP contribution in [0.3, 0.4) is 0 Å². The summed E-state index contributed by atoms with van der Waals surface area (Å²) in [5, 5.41) is 4.72. The van der Waals surface area contributed by atoms with Crippen LogP contribution in [0.2, 0.25) is 0 Å². The first-order chi connectivity index (χ1) is 14.2. The van der Waals surface area contributed by atoms with Crippen molar-refractivity contribution in [2.75, 3.05) is 41.6 Å². The molecule has 29 heavy (non-hydrogen) atoms. The highest BCUT2D eigenvalue weighted by atomic mass is 16.6. The Labute approximate surface area is 170 Å². The number of para-hydroxylation sites is 1. The minimum Gasteiger partial charge on any atom is -0.493 e. The lowest BCUT2D eigenvalue weighted by Crippen LogP contribution is -2.36. The van der Waals surface area contributed by atoms with Crippen molar-refractivity contribution in [3.8, 4) is 17.2 Å². The SMILES string of the molecule is COc1cc([C@H]2CO[C@H](c3cn(OC)c4ccccc34)CN2)cc(OC)c1OC. The van der Waals surface area contributed by atoms with Crippen molar-refractivity contribution in [2.24, 2.45) is 0 Å². The van der Waals surface area contributed by atoms with Gasteiger partial charge in [0.1, 0.15) is 7.11 Å². The highest BCUT2D eigenvalue weighted by Gasteiger charge is 2.28. The zero-order valence-electron chi connectivity index (χ0n) is 17.1. The molecule has 1 N–H and O–H groups in total. The maximum atomic E-state index is 6.26. The maximum Gasteiger partial charge on any atom is 0.203 e. The van der Waals surface area contributed by atoms with Gasteiger partial charge in [0.25, 0.3) is 0 Å². The first kappa shape index (κ1) is 19.4. The topological polar surface area (TPSA) is 63.1 Å². The molecule has 0 radical (unpaired) electrons. The van der Waals surface area contributed by atoms with Gasteiger partial charge in [0.2, 0.25) is 5.75 Å². The summed E-state index contributed by atoms with van der Waals surface area (Å²) in [4.78, 5) is 5.46. The molecule has 2 atom stereocenters. The third-order valence-corrected chi connectivity index (χ3v) is 5.36. The molecular weight excluding hydrogens is 372 g/mol. The first-order valence-electron chi connectivity index (χ1n) is 9.49. The molecule has 0 aliphatic carbocycles. The van der Waals surface area contributed by atoms with E-state index < -0.39 is 0 Å². The molecule has 3 aromatic rings. The Kier molecular flexibility index (Phi) is 5.51. The smallest absolute Gasteiger partial charge is 0.203 e. The zero-order valence-corrected chi connectivity index (χ0v) is 17.1. The number of hydrogen-bond acceptors (Lipinski definition) is 6. The second-order valence-corrected chi connectivity index (χ2v) is 6.85. The third kappa shape index (κ3) is 3.47. The molecule has 1 aliphatic heterocycles. The van der Waals surface area contributed by atoms with Gasteiger partial charge in [0.15, 0.2) is 11.5 Å². The summed E-state index contributed by atoms with van der Waals surface area (Å²) in [5.41, 5.74) is 3.16. The second-order valence-electron chi connectivity index (χ2n) is 6.85. The number of methoxy groups -OCH3 is 3. The summed E-state index contributed by atoms with van der Waals surface area (Å²) in [5.74, 6) is 1.85. The van der Waals surface area contributed by atoms with Gasteiger partial charge < -0.3 is 29.1 Å². The van der Waals surface area contributed by atoms with Gasteiger partial charge >= 0.3 is 0 Å². The fourth-order valence-electron chi connectivity index (χ4n) is 3.88. The Balaban J connectivity index is 1.56. The highest BCUT2D eigenvalue weighted by Crippen LogP contribution is 2.40. The van der Waals surface area contributed by atoms with Crippen molar-refractivity contribution >= 4 is 10.9 Å². The molecule has 154 valence electrons. The van der Waals surface area contributed by atoms with Crippen molar-refractivity contribution < 1.29 is 23.8 Å². The Bertz CT molecular complexity index is 967. The van der Waals surface area contributed by atoms with E-state index in [-0.39, 0.29) is 12.1 Å². The number of rotatable bonds is 6. The molecule has 4 rings (SSSR count). The average Bonchev–Trinajstić information content (AvgIpc) is 3.17. The largest absolute Gasteiger partial charge is 0.493 e. The van der Waals surface area contributed by atoms with E-state index in [1.807, 2.05) is 36.5 Å². The van der Waals surface area contributed by atoms with E-state index in [0.717, 1.165) is 22.0 Å². The molecule has 1 aromatic heterocycles. The molecule has 2 aromatic carbocycles. The molecule has 0 spiro atoms. The van der Waals surface area contributed by atoms with Gasteiger partial charge in [0, 0.05) is 17.5 Å². The molecule has 1 saturated heterocycles. The molecule has 2 heterocycles. The number of fused-ring (bicyclic) bond motifs is 1. The summed E-state index contributed by atoms with van der Waals surface area (Å²) in [6, 6.07) is 12.1. The molecule has 0 saturated carbocycles. The fraction of sp³-hybridized carbons (Fsp3) is 0.364. The standard InChI is InChI=1S/C22H26N2O5/c1-25-19-9-14(10-20(26-2)22(19)27-3)17-13-29-21(11-23-17)16-12-24(28-4)18-8-6-5-7-15(16)18/h5-10,12,17,21,23H,11,13H2,1-4H3/t17-,21+/m1/s1. The zero-order chi connectivity index (χ0) is 20.4. The van der Waals surface area contributed by atoms with Crippen molar-refractivity contribution in [3.63, 3.8) is 0 Å². The molecule has 7 heteroatoms. The molecule has 0 bridgehead atoms. The Hall–Kier alpha value is -2.90. The van der Waals surface area contributed by atoms with E-state index in [1.54, 1.807) is 33.2 Å². The van der Waals surface area contributed by atoms with Gasteiger partial charge in [-0.25, -0.2) is 0 Å². The first-order valence-corrected chi connectivity index (χ1v) is 9.49. The molecule has 7 nitrogen and oxygen atoms in total. The minimum absolute atomic E-state index is 0.0238. The van der Waals surface area contributed by atoms with Gasteiger partial charge in [-0.15, -0.1) is 0 Å². The minimum atomic E-state index is -0.0606. The molecule has 0 amide bonds. The summed E-state index contributed by atoms with van der Waals surface area (Å²) in [6.07, 6.45) is 1.94. The number of morpholine rings is 1. The quantitative estimate of drug-likeness (QED) is 0.688. The van der Waals surface area contributed by atoms with Crippen LogP contribution >= 0.6 is 0 Å². The normalized spacial score (nSPS) is 19.2. The Morgan fingerprint density at radius 2 is 1.72 bits per heavy atom. The lowest BCUT2D eigenvalue weighted by molar-refractivity contribution is 0.00256. The van der Waals surface area contributed by atoms with Gasteiger partial charge in [-0.05, 0) is 23.8 Å². The predicted molar refractivity (Wildman–Crippen MR) is 110 cm³/mol. The molecule has 1 fully saturated rings. The summed E-state index contributed by atoms with van der Waals surface area (Å²) in [7, 11) is 6.50. The molecular formula is C22H26N2O5. The van der Waals surface area contributed by atoms with E-state index >= 15 is 0 Å². The van der Waals surface area contributed by atoms with Crippen molar-refractivity contribution in [1.29, 1.82) is 0 Å². The van der Waals surface area contributed by atoms with Crippen molar-refractivity contribution in [1.82, 2.24) is 10.0 Å². The number of hydrogen-bond donors (Lipinski definition) is 1. The number of aromatic nitrogens is 1. The van der Waals surface area contributed by atoms with Crippen LogP contribution in [0.25, 0.3) is 10.9 Å². The third-order valence-electron chi connectivity index (χ3n) is 5.36. The van der Waals surface area contributed by atoms with E-state index in [4.69, 9.17) is 23.8 Å². The Morgan fingerprint density at radius 3 is 2.31 bits per heavy atom. The summed E-state index contributed by atoms with van der Waals surface area (Å²) in [6.45, 7) is 1.20. The van der Waals surface area contributed by atoms with Crippen LogP contribution in [-0.4, -0.2) is 46.3 Å². The van der Waals surface area contributed by atoms with Crippen LogP contribution in [-0.2, 0) is 4.74 Å². The van der Waals surface area contributed by atoms with E-state index in [1.165, 1.54) is 0 Å². The average molecular weight is 398 g/mol. The van der Waals surface area contributed by atoms with Crippen LogP contribution < -0.4 is 24.4 Å². The van der Waals surface area contributed by atoms with Crippen molar-refractivity contribution in [3.05, 3.63) is 53.7 Å². The summed E-state index contributed by atoms with van der Waals surface area (Å²) >= 11 is 0. The fourth-order valence-corrected chi connectivity index (χ4v) is 3.88. The van der Waals surface area contributed by atoms with Crippen LogP contribution in [0, 0.1) is 0 Å². The highest BCUT2D eigenvalue weighted by molar-refractivity contribution is 5.84. The predicted octanol–water partition coefficient (Wildman–Crippen LogP) is 3.13. The number of nitrogens with one attached hydrogen (secondary N) is 1. The van der Waals surface area contributed by atoms with Gasteiger partial charge in [0.05, 0.1) is 51.8 Å². The van der Waals surface area contributed by atoms with Gasteiger partial charge in [-0.2, -0.15) is 4.73 Å². The van der Waals surface area contributed by atoms with E-state index in [0.29, 0.717) is 30.4 Å². The molecule has 0 unspecified atom stereocenters. The van der Waals surface area contributed by atoms with E-state index in [2.05, 4.69) is 11.4 Å². The number of benzene rings is 2. The van der Waals surface area contributed by atoms with Crippen molar-refractivity contribution in [2.45, 2.75) is 12.1 Å². The van der Waals surface area contributed by atoms with Gasteiger partial charge in [-0.1, -0.05) is 18.2 Å². The van der Waals surface area contributed by atoms with Gasteiger partial charge in [-0.3, -0.25) is 0 Å². The van der Waals surface area contributed by atoms with Crippen LogP contribution in [0.15, 0.2) is 42.6 Å².